The van der Waals surface area contributed by atoms with E-state index in [2.05, 4.69) is 4.98 Å². The van der Waals surface area contributed by atoms with E-state index in [9.17, 15) is 4.79 Å². The SMILES string of the molecule is COc1cncc2c1CC1C(=O)CC21. The lowest BCUT2D eigenvalue weighted by Gasteiger charge is -2.28. The average Bonchev–Trinajstić information content (AvgIpc) is 2.51. The van der Waals surface area contributed by atoms with Crippen molar-refractivity contribution in [2.75, 3.05) is 7.11 Å². The molecular weight excluding hydrogens is 178 g/mol. The van der Waals surface area contributed by atoms with Crippen molar-refractivity contribution in [2.24, 2.45) is 5.92 Å². The first-order valence-electron chi connectivity index (χ1n) is 4.84. The number of fused-ring (bicyclic) bond motifs is 3. The topological polar surface area (TPSA) is 39.2 Å². The number of carbonyl (C=O) groups is 1. The van der Waals surface area contributed by atoms with Crippen LogP contribution < -0.4 is 4.74 Å². The molecule has 2 atom stereocenters. The fraction of sp³-hybridized carbons (Fsp3) is 0.455. The minimum Gasteiger partial charge on any atom is -0.495 e. The van der Waals surface area contributed by atoms with Crippen molar-refractivity contribution in [1.29, 1.82) is 0 Å². The summed E-state index contributed by atoms with van der Waals surface area (Å²) in [4.78, 5) is 15.5. The second-order valence-electron chi connectivity index (χ2n) is 4.00. The highest BCUT2D eigenvalue weighted by molar-refractivity contribution is 5.91. The molecule has 3 nitrogen and oxygen atoms in total. The van der Waals surface area contributed by atoms with Crippen molar-refractivity contribution in [3.8, 4) is 5.75 Å². The minimum absolute atomic E-state index is 0.225. The van der Waals surface area contributed by atoms with Crippen LogP contribution in [0, 0.1) is 5.92 Å². The second-order valence-corrected chi connectivity index (χ2v) is 4.00. The molecule has 3 heteroatoms. The summed E-state index contributed by atoms with van der Waals surface area (Å²) in [7, 11) is 1.65. The van der Waals surface area contributed by atoms with Gasteiger partial charge >= 0.3 is 0 Å². The van der Waals surface area contributed by atoms with E-state index in [-0.39, 0.29) is 5.92 Å². The zero-order valence-electron chi connectivity index (χ0n) is 7.99. The Morgan fingerprint density at radius 3 is 2.93 bits per heavy atom. The number of hydrogen-bond acceptors (Lipinski definition) is 3. The van der Waals surface area contributed by atoms with Crippen molar-refractivity contribution in [3.05, 3.63) is 23.5 Å². The summed E-state index contributed by atoms with van der Waals surface area (Å²) in [6.07, 6.45) is 5.17. The van der Waals surface area contributed by atoms with E-state index in [1.54, 1.807) is 13.3 Å². The zero-order valence-corrected chi connectivity index (χ0v) is 7.99. The number of methoxy groups -OCH3 is 1. The fourth-order valence-corrected chi connectivity index (χ4v) is 2.57. The molecule has 1 aromatic heterocycles. The van der Waals surface area contributed by atoms with Crippen molar-refractivity contribution in [3.63, 3.8) is 0 Å². The lowest BCUT2D eigenvalue weighted by atomic mass is 9.73. The van der Waals surface area contributed by atoms with Crippen LogP contribution in [0.1, 0.15) is 23.5 Å². The summed E-state index contributed by atoms with van der Waals surface area (Å²) in [6.45, 7) is 0. The first kappa shape index (κ1) is 7.97. The summed E-state index contributed by atoms with van der Waals surface area (Å²) >= 11 is 0. The molecule has 0 aromatic carbocycles. The highest BCUT2D eigenvalue weighted by atomic mass is 16.5. The van der Waals surface area contributed by atoms with Crippen molar-refractivity contribution in [1.82, 2.24) is 4.98 Å². The smallest absolute Gasteiger partial charge is 0.140 e. The zero-order chi connectivity index (χ0) is 9.71. The third-order valence-corrected chi connectivity index (χ3v) is 3.42. The number of ketones is 1. The summed E-state index contributed by atoms with van der Waals surface area (Å²) in [5.41, 5.74) is 2.43. The summed E-state index contributed by atoms with van der Waals surface area (Å²) in [5, 5.41) is 0. The molecule has 0 spiro atoms. The largest absolute Gasteiger partial charge is 0.495 e. The molecule has 0 amide bonds. The molecule has 1 saturated carbocycles. The predicted octanol–water partition coefficient (Wildman–Crippen LogP) is 1.32. The Bertz CT molecular complexity index is 414. The van der Waals surface area contributed by atoms with Crippen LogP contribution in [-0.4, -0.2) is 17.9 Å². The van der Waals surface area contributed by atoms with Crippen LogP contribution in [0.2, 0.25) is 0 Å². The first-order valence-corrected chi connectivity index (χ1v) is 4.84. The number of pyridine rings is 1. The Morgan fingerprint density at radius 1 is 1.36 bits per heavy atom. The number of carbonyl (C=O) groups excluding carboxylic acids is 1. The molecule has 2 aliphatic carbocycles. The van der Waals surface area contributed by atoms with Crippen LogP contribution in [0.15, 0.2) is 12.4 Å². The third-order valence-electron chi connectivity index (χ3n) is 3.42. The Kier molecular flexibility index (Phi) is 1.46. The van der Waals surface area contributed by atoms with Gasteiger partial charge in [-0.2, -0.15) is 0 Å². The number of rotatable bonds is 1. The van der Waals surface area contributed by atoms with Crippen LogP contribution in [0.3, 0.4) is 0 Å². The van der Waals surface area contributed by atoms with Crippen molar-refractivity contribution < 1.29 is 9.53 Å². The quantitative estimate of drug-likeness (QED) is 0.668. The molecule has 3 rings (SSSR count). The normalized spacial score (nSPS) is 27.9. The van der Waals surface area contributed by atoms with Gasteiger partial charge in [-0.15, -0.1) is 0 Å². The Morgan fingerprint density at radius 2 is 2.21 bits per heavy atom. The molecule has 1 heterocycles. The van der Waals surface area contributed by atoms with Gasteiger partial charge < -0.3 is 4.74 Å². The molecule has 0 aliphatic heterocycles. The van der Waals surface area contributed by atoms with Gasteiger partial charge in [0.2, 0.25) is 0 Å². The molecule has 1 fully saturated rings. The highest BCUT2D eigenvalue weighted by Gasteiger charge is 2.47. The van der Waals surface area contributed by atoms with Crippen LogP contribution in [-0.2, 0) is 11.2 Å². The van der Waals surface area contributed by atoms with Gasteiger partial charge in [-0.25, -0.2) is 0 Å². The fourth-order valence-electron chi connectivity index (χ4n) is 2.57. The maximum absolute atomic E-state index is 11.3. The molecule has 0 bridgehead atoms. The van der Waals surface area contributed by atoms with Gasteiger partial charge in [0.25, 0.3) is 0 Å². The summed E-state index contributed by atoms with van der Waals surface area (Å²) in [5.74, 6) is 1.89. The Hall–Kier alpha value is -1.38. The number of nitrogens with zero attached hydrogens (tertiary/aromatic N) is 1. The standard InChI is InChI=1S/C11H11NO2/c1-14-11-5-12-4-9-6-3-10(13)7(6)2-8(9)11/h4-7H,2-3H2,1H3. The van der Waals surface area contributed by atoms with E-state index in [0.29, 0.717) is 18.1 Å². The molecule has 0 saturated heterocycles. The summed E-state index contributed by atoms with van der Waals surface area (Å²) < 4.78 is 5.24. The average molecular weight is 189 g/mol. The molecule has 72 valence electrons. The maximum Gasteiger partial charge on any atom is 0.140 e. The van der Waals surface area contributed by atoms with E-state index in [1.165, 1.54) is 11.1 Å². The van der Waals surface area contributed by atoms with Gasteiger partial charge in [0.05, 0.1) is 13.3 Å². The number of aromatic nitrogens is 1. The first-order chi connectivity index (χ1) is 6.81. The number of ether oxygens (including phenoxy) is 1. The molecule has 14 heavy (non-hydrogen) atoms. The van der Waals surface area contributed by atoms with Gasteiger partial charge in [0.1, 0.15) is 11.5 Å². The van der Waals surface area contributed by atoms with Crippen LogP contribution >= 0.6 is 0 Å². The highest BCUT2D eigenvalue weighted by Crippen LogP contribution is 2.50. The van der Waals surface area contributed by atoms with Crippen LogP contribution in [0.25, 0.3) is 0 Å². The number of Topliss-reactive ketones (excluding diaryl/α,β-unsaturated/α-hetero) is 1. The molecule has 1 aromatic rings. The Labute approximate surface area is 82.1 Å². The van der Waals surface area contributed by atoms with Crippen LogP contribution in [0.5, 0.6) is 5.75 Å². The van der Waals surface area contributed by atoms with E-state index < -0.39 is 0 Å². The molecule has 0 radical (unpaired) electrons. The Balaban J connectivity index is 2.09. The van der Waals surface area contributed by atoms with Gasteiger partial charge in [-0.1, -0.05) is 0 Å². The van der Waals surface area contributed by atoms with E-state index >= 15 is 0 Å². The van der Waals surface area contributed by atoms with Crippen molar-refractivity contribution in [2.45, 2.75) is 18.8 Å². The molecular formula is C11H11NO2. The van der Waals surface area contributed by atoms with Gasteiger partial charge in [-0.3, -0.25) is 9.78 Å². The lowest BCUT2D eigenvalue weighted by Crippen LogP contribution is -2.32. The maximum atomic E-state index is 11.3. The van der Waals surface area contributed by atoms with Crippen LogP contribution in [0.4, 0.5) is 0 Å². The predicted molar refractivity (Wildman–Crippen MR) is 50.3 cm³/mol. The van der Waals surface area contributed by atoms with Gasteiger partial charge in [0.15, 0.2) is 0 Å². The van der Waals surface area contributed by atoms with Gasteiger partial charge in [-0.05, 0) is 12.0 Å². The summed E-state index contributed by atoms with van der Waals surface area (Å²) in [6, 6.07) is 0. The second kappa shape index (κ2) is 2.56. The van der Waals surface area contributed by atoms with Crippen molar-refractivity contribution >= 4 is 5.78 Å². The molecule has 2 unspecified atom stereocenters. The number of hydrogen-bond donors (Lipinski definition) is 0. The lowest BCUT2D eigenvalue weighted by molar-refractivity contribution is -0.130. The van der Waals surface area contributed by atoms with E-state index in [0.717, 1.165) is 12.2 Å². The van der Waals surface area contributed by atoms with E-state index in [4.69, 9.17) is 4.74 Å². The monoisotopic (exact) mass is 189 g/mol. The third kappa shape index (κ3) is 0.820. The van der Waals surface area contributed by atoms with E-state index in [1.807, 2.05) is 6.20 Å². The molecule has 2 aliphatic rings. The molecule has 0 N–H and O–H groups in total. The minimum atomic E-state index is 0.225. The van der Waals surface area contributed by atoms with Gasteiger partial charge in [0, 0.05) is 30.0 Å².